The van der Waals surface area contributed by atoms with Crippen LogP contribution in [0.5, 0.6) is 0 Å². The first-order valence-electron chi connectivity index (χ1n) is 5.83. The van der Waals surface area contributed by atoms with Crippen molar-refractivity contribution in [2.24, 2.45) is 5.10 Å². The zero-order chi connectivity index (χ0) is 14.4. The van der Waals surface area contributed by atoms with Crippen LogP contribution >= 0.6 is 11.6 Å². The van der Waals surface area contributed by atoms with Crippen LogP contribution in [-0.4, -0.2) is 16.7 Å². The Balaban J connectivity index is 2.13. The number of aromatic nitrogens is 1. The van der Waals surface area contributed by atoms with Crippen molar-refractivity contribution in [1.29, 1.82) is 5.26 Å². The molecular weight excluding hydrogens is 276 g/mol. The zero-order valence-electron chi connectivity index (χ0n) is 10.5. The lowest BCUT2D eigenvalue weighted by atomic mass is 10.3. The Morgan fingerprint density at radius 2 is 2.15 bits per heavy atom. The van der Waals surface area contributed by atoms with Gasteiger partial charge in [-0.1, -0.05) is 11.6 Å². The highest BCUT2D eigenvalue weighted by atomic mass is 35.5. The summed E-state index contributed by atoms with van der Waals surface area (Å²) < 4.78 is 1.90. The first kappa shape index (κ1) is 13.8. The summed E-state index contributed by atoms with van der Waals surface area (Å²) >= 11 is 5.85. The number of hydrazone groups is 1. The molecule has 0 radical (unpaired) electrons. The van der Waals surface area contributed by atoms with Crippen molar-refractivity contribution < 1.29 is 4.79 Å². The fourth-order valence-corrected chi connectivity index (χ4v) is 1.74. The van der Waals surface area contributed by atoms with Crippen LogP contribution in [0.3, 0.4) is 0 Å². The van der Waals surface area contributed by atoms with Crippen LogP contribution in [0.2, 0.25) is 5.02 Å². The molecule has 1 aromatic carbocycles. The quantitative estimate of drug-likeness (QED) is 0.693. The van der Waals surface area contributed by atoms with Crippen molar-refractivity contribution in [3.05, 3.63) is 53.3 Å². The lowest BCUT2D eigenvalue weighted by Crippen LogP contribution is -2.16. The Morgan fingerprint density at radius 1 is 1.40 bits per heavy atom. The van der Waals surface area contributed by atoms with Gasteiger partial charge in [0, 0.05) is 16.9 Å². The topological polar surface area (TPSA) is 70.2 Å². The molecule has 5 nitrogen and oxygen atoms in total. The molecule has 0 saturated carbocycles. The van der Waals surface area contributed by atoms with Crippen molar-refractivity contribution in [1.82, 2.24) is 9.99 Å². The number of halogens is 1. The number of carbonyl (C=O) groups is 1. The number of nitriles is 1. The van der Waals surface area contributed by atoms with E-state index in [0.29, 0.717) is 5.02 Å². The summed E-state index contributed by atoms with van der Waals surface area (Å²) in [6.45, 7) is 0. The van der Waals surface area contributed by atoms with Gasteiger partial charge < -0.3 is 4.57 Å². The Labute approximate surface area is 121 Å². The van der Waals surface area contributed by atoms with Gasteiger partial charge in [-0.15, -0.1) is 0 Å². The average molecular weight is 287 g/mol. The van der Waals surface area contributed by atoms with Crippen molar-refractivity contribution >= 4 is 23.7 Å². The van der Waals surface area contributed by atoms with E-state index in [4.69, 9.17) is 16.9 Å². The Kier molecular flexibility index (Phi) is 4.53. The third-order valence-corrected chi connectivity index (χ3v) is 2.76. The summed E-state index contributed by atoms with van der Waals surface area (Å²) in [7, 11) is 0. The second-order valence-corrected chi connectivity index (χ2v) is 4.34. The number of carbonyl (C=O) groups excluding carboxylic acids is 1. The molecule has 2 rings (SSSR count). The van der Waals surface area contributed by atoms with Crippen LogP contribution in [0.25, 0.3) is 5.69 Å². The molecule has 0 spiro atoms. The lowest BCUT2D eigenvalue weighted by molar-refractivity contribution is -0.120. The highest BCUT2D eigenvalue weighted by Crippen LogP contribution is 2.15. The van der Waals surface area contributed by atoms with E-state index < -0.39 is 5.91 Å². The lowest BCUT2D eigenvalue weighted by Gasteiger charge is -2.06. The zero-order valence-corrected chi connectivity index (χ0v) is 11.2. The maximum atomic E-state index is 11.1. The SMILES string of the molecule is N#CCC(=O)NN=Cc1cccn1-c1ccc(Cl)cc1. The van der Waals surface area contributed by atoms with Crippen molar-refractivity contribution in [2.75, 3.05) is 0 Å². The molecule has 1 heterocycles. The molecule has 0 saturated heterocycles. The van der Waals surface area contributed by atoms with Gasteiger partial charge in [-0.05, 0) is 36.4 Å². The monoisotopic (exact) mass is 286 g/mol. The third-order valence-electron chi connectivity index (χ3n) is 2.51. The van der Waals surface area contributed by atoms with E-state index in [-0.39, 0.29) is 6.42 Å². The van der Waals surface area contributed by atoms with Gasteiger partial charge in [0.2, 0.25) is 0 Å². The molecule has 20 heavy (non-hydrogen) atoms. The predicted octanol–water partition coefficient (Wildman–Crippen LogP) is 2.49. The maximum Gasteiger partial charge on any atom is 0.254 e. The van der Waals surface area contributed by atoms with Gasteiger partial charge in [-0.3, -0.25) is 4.79 Å². The number of rotatable bonds is 4. The van der Waals surface area contributed by atoms with Gasteiger partial charge in [-0.2, -0.15) is 10.4 Å². The summed E-state index contributed by atoms with van der Waals surface area (Å²) in [6.07, 6.45) is 3.18. The number of benzene rings is 1. The van der Waals surface area contributed by atoms with Crippen molar-refractivity contribution in [2.45, 2.75) is 6.42 Å². The highest BCUT2D eigenvalue weighted by molar-refractivity contribution is 6.30. The second-order valence-electron chi connectivity index (χ2n) is 3.91. The Bertz CT molecular complexity index is 667. The number of nitrogens with one attached hydrogen (secondary N) is 1. The van der Waals surface area contributed by atoms with Gasteiger partial charge in [-0.25, -0.2) is 5.43 Å². The van der Waals surface area contributed by atoms with Gasteiger partial charge in [0.15, 0.2) is 0 Å². The van der Waals surface area contributed by atoms with E-state index in [0.717, 1.165) is 11.4 Å². The van der Waals surface area contributed by atoms with Crippen molar-refractivity contribution in [3.63, 3.8) is 0 Å². The minimum absolute atomic E-state index is 0.213. The van der Waals surface area contributed by atoms with Gasteiger partial charge in [0.05, 0.1) is 18.0 Å². The largest absolute Gasteiger partial charge is 0.316 e. The molecule has 0 aliphatic carbocycles. The molecule has 1 N–H and O–H groups in total. The summed E-state index contributed by atoms with van der Waals surface area (Å²) in [5, 5.41) is 12.8. The maximum absolute atomic E-state index is 11.1. The van der Waals surface area contributed by atoms with E-state index in [1.54, 1.807) is 18.2 Å². The van der Waals surface area contributed by atoms with Crippen LogP contribution in [0.4, 0.5) is 0 Å². The minimum Gasteiger partial charge on any atom is -0.316 e. The minimum atomic E-state index is -0.437. The predicted molar refractivity (Wildman–Crippen MR) is 76.7 cm³/mol. The number of hydrogen-bond donors (Lipinski definition) is 1. The summed E-state index contributed by atoms with van der Waals surface area (Å²) in [4.78, 5) is 11.1. The molecule has 0 atom stereocenters. The fourth-order valence-electron chi connectivity index (χ4n) is 1.62. The molecule has 0 bridgehead atoms. The molecule has 0 aliphatic heterocycles. The van der Waals surface area contributed by atoms with E-state index in [1.165, 1.54) is 6.21 Å². The summed E-state index contributed by atoms with van der Waals surface area (Å²) in [5.74, 6) is -0.437. The fraction of sp³-hybridized carbons (Fsp3) is 0.0714. The molecule has 2 aromatic rings. The molecule has 1 amide bonds. The van der Waals surface area contributed by atoms with Crippen LogP contribution in [0.15, 0.2) is 47.7 Å². The van der Waals surface area contributed by atoms with E-state index in [1.807, 2.05) is 35.0 Å². The van der Waals surface area contributed by atoms with Crippen LogP contribution in [0.1, 0.15) is 12.1 Å². The van der Waals surface area contributed by atoms with E-state index in [2.05, 4.69) is 10.5 Å². The number of hydrogen-bond acceptors (Lipinski definition) is 3. The first-order valence-corrected chi connectivity index (χ1v) is 6.20. The molecule has 0 aliphatic rings. The van der Waals surface area contributed by atoms with Crippen LogP contribution < -0.4 is 5.43 Å². The first-order chi connectivity index (χ1) is 9.70. The molecule has 6 heteroatoms. The van der Waals surface area contributed by atoms with Crippen LogP contribution in [0, 0.1) is 11.3 Å². The second kappa shape index (κ2) is 6.55. The van der Waals surface area contributed by atoms with Gasteiger partial charge >= 0.3 is 0 Å². The van der Waals surface area contributed by atoms with E-state index in [9.17, 15) is 4.79 Å². The van der Waals surface area contributed by atoms with Gasteiger partial charge in [0.25, 0.3) is 5.91 Å². The molecule has 0 unspecified atom stereocenters. The number of amides is 1. The smallest absolute Gasteiger partial charge is 0.254 e. The van der Waals surface area contributed by atoms with Crippen LogP contribution in [-0.2, 0) is 4.79 Å². The normalized spacial score (nSPS) is 10.4. The Morgan fingerprint density at radius 3 is 2.85 bits per heavy atom. The number of nitrogens with zero attached hydrogens (tertiary/aromatic N) is 3. The average Bonchev–Trinajstić information content (AvgIpc) is 2.88. The summed E-state index contributed by atoms with van der Waals surface area (Å²) in [6, 6.07) is 12.8. The van der Waals surface area contributed by atoms with E-state index >= 15 is 0 Å². The molecule has 0 fully saturated rings. The molecule has 100 valence electrons. The molecular formula is C14H11ClN4O. The highest BCUT2D eigenvalue weighted by Gasteiger charge is 2.01. The standard InChI is InChI=1S/C14H11ClN4O/c15-11-3-5-12(6-4-11)19-9-1-2-13(19)10-17-18-14(20)7-8-16/h1-6,9-10H,7H2,(H,18,20). The summed E-state index contributed by atoms with van der Waals surface area (Å²) in [5.41, 5.74) is 4.01. The van der Waals surface area contributed by atoms with Gasteiger partial charge in [0.1, 0.15) is 6.42 Å². The Hall–Kier alpha value is -2.58. The third kappa shape index (κ3) is 3.46. The molecule has 1 aromatic heterocycles. The van der Waals surface area contributed by atoms with Crippen molar-refractivity contribution in [3.8, 4) is 11.8 Å².